The number of anilines is 2. The quantitative estimate of drug-likeness (QED) is 0.571. The molecule has 0 aromatic carbocycles. The summed E-state index contributed by atoms with van der Waals surface area (Å²) in [6.07, 6.45) is 5.78. The minimum atomic E-state index is 0.622. The van der Waals surface area contributed by atoms with Crippen LogP contribution in [0.5, 0.6) is 0 Å². The van der Waals surface area contributed by atoms with Gasteiger partial charge in [0.15, 0.2) is 0 Å². The van der Waals surface area contributed by atoms with Crippen LogP contribution >= 0.6 is 0 Å². The molecule has 1 aliphatic heterocycles. The Morgan fingerprint density at radius 3 is 2.93 bits per heavy atom. The second-order valence-electron chi connectivity index (χ2n) is 4.08. The van der Waals surface area contributed by atoms with E-state index in [-0.39, 0.29) is 0 Å². The minimum Gasteiger partial charge on any atom is -0.368 e. The van der Waals surface area contributed by atoms with Crippen molar-refractivity contribution in [3.05, 3.63) is 18.3 Å². The summed E-state index contributed by atoms with van der Waals surface area (Å²) < 4.78 is 0. The molecule has 0 spiro atoms. The van der Waals surface area contributed by atoms with Crippen molar-refractivity contribution in [2.45, 2.75) is 32.2 Å². The van der Waals surface area contributed by atoms with Gasteiger partial charge < -0.3 is 10.3 Å². The number of nitrogens with one attached hydrogen (secondary N) is 1. The van der Waals surface area contributed by atoms with Gasteiger partial charge in [-0.1, -0.05) is 0 Å². The second kappa shape index (κ2) is 4.49. The molecule has 0 saturated carbocycles. The molecule has 0 bridgehead atoms. The van der Waals surface area contributed by atoms with Crippen LogP contribution in [0.25, 0.3) is 0 Å². The summed E-state index contributed by atoms with van der Waals surface area (Å²) in [4.78, 5) is 6.64. The van der Waals surface area contributed by atoms with Gasteiger partial charge in [-0.2, -0.15) is 0 Å². The summed E-state index contributed by atoms with van der Waals surface area (Å²) in [6.45, 7) is 3.41. The van der Waals surface area contributed by atoms with E-state index >= 15 is 0 Å². The smallest absolute Gasteiger partial charge is 0.140 e. The lowest BCUT2D eigenvalue weighted by Gasteiger charge is -2.35. The zero-order valence-electron chi connectivity index (χ0n) is 9.11. The Hall–Kier alpha value is -1.29. The van der Waals surface area contributed by atoms with Crippen molar-refractivity contribution in [1.29, 1.82) is 0 Å². The first kappa shape index (κ1) is 10.2. The lowest BCUT2D eigenvalue weighted by molar-refractivity contribution is 0.484. The van der Waals surface area contributed by atoms with Gasteiger partial charge in [0, 0.05) is 12.6 Å². The molecule has 82 valence electrons. The molecular weight excluding hydrogens is 188 g/mol. The molecule has 4 heteroatoms. The SMILES string of the molecule is CC1CCCCN1c1ccc(NN)nc1. The molecule has 2 rings (SSSR count). The normalized spacial score (nSPS) is 21.5. The highest BCUT2D eigenvalue weighted by atomic mass is 15.3. The van der Waals surface area contributed by atoms with Gasteiger partial charge in [0.2, 0.25) is 0 Å². The monoisotopic (exact) mass is 206 g/mol. The summed E-state index contributed by atoms with van der Waals surface area (Å²) >= 11 is 0. The summed E-state index contributed by atoms with van der Waals surface area (Å²) in [5.74, 6) is 5.99. The number of nitrogen functional groups attached to an aromatic ring is 1. The van der Waals surface area contributed by atoms with Gasteiger partial charge in [-0.3, -0.25) is 0 Å². The first-order chi connectivity index (χ1) is 7.31. The Morgan fingerprint density at radius 2 is 2.33 bits per heavy atom. The van der Waals surface area contributed by atoms with E-state index in [0.717, 1.165) is 6.54 Å². The molecule has 4 nitrogen and oxygen atoms in total. The van der Waals surface area contributed by atoms with E-state index in [2.05, 4.69) is 28.3 Å². The van der Waals surface area contributed by atoms with Crippen LogP contribution in [0.3, 0.4) is 0 Å². The van der Waals surface area contributed by atoms with Crippen molar-refractivity contribution in [2.75, 3.05) is 16.9 Å². The largest absolute Gasteiger partial charge is 0.368 e. The van der Waals surface area contributed by atoms with Gasteiger partial charge in [-0.25, -0.2) is 10.8 Å². The highest BCUT2D eigenvalue weighted by Crippen LogP contribution is 2.24. The van der Waals surface area contributed by atoms with Crippen LogP contribution in [0.2, 0.25) is 0 Å². The molecule has 1 aliphatic rings. The van der Waals surface area contributed by atoms with Crippen molar-refractivity contribution >= 4 is 11.5 Å². The zero-order chi connectivity index (χ0) is 10.7. The summed E-state index contributed by atoms with van der Waals surface area (Å²) in [5, 5.41) is 0. The van der Waals surface area contributed by atoms with Crippen molar-refractivity contribution in [2.24, 2.45) is 5.84 Å². The third-order valence-corrected chi connectivity index (χ3v) is 3.03. The molecular formula is C11H18N4. The van der Waals surface area contributed by atoms with Crippen LogP contribution in [0, 0.1) is 0 Å². The standard InChI is InChI=1S/C11H18N4/c1-9-4-2-3-7-15(9)10-5-6-11(14-12)13-8-10/h5-6,8-9H,2-4,7,12H2,1H3,(H,13,14). The number of pyridine rings is 1. The topological polar surface area (TPSA) is 54.2 Å². The summed E-state index contributed by atoms with van der Waals surface area (Å²) in [7, 11) is 0. The average Bonchev–Trinajstić information content (AvgIpc) is 2.30. The molecule has 2 heterocycles. The first-order valence-corrected chi connectivity index (χ1v) is 5.50. The zero-order valence-corrected chi connectivity index (χ0v) is 9.11. The maximum atomic E-state index is 5.28. The number of hydrogen-bond donors (Lipinski definition) is 2. The molecule has 1 atom stereocenters. The maximum absolute atomic E-state index is 5.28. The Labute approximate surface area is 90.5 Å². The maximum Gasteiger partial charge on any atom is 0.140 e. The molecule has 0 amide bonds. The predicted octanol–water partition coefficient (Wildman–Crippen LogP) is 1.75. The van der Waals surface area contributed by atoms with Crippen molar-refractivity contribution in [1.82, 2.24) is 4.98 Å². The molecule has 15 heavy (non-hydrogen) atoms. The fourth-order valence-corrected chi connectivity index (χ4v) is 2.12. The van der Waals surface area contributed by atoms with E-state index in [1.54, 1.807) is 0 Å². The Bertz CT molecular complexity index is 309. The van der Waals surface area contributed by atoms with Gasteiger partial charge in [0.1, 0.15) is 5.82 Å². The van der Waals surface area contributed by atoms with E-state index in [4.69, 9.17) is 5.84 Å². The number of rotatable bonds is 2. The minimum absolute atomic E-state index is 0.622. The van der Waals surface area contributed by atoms with E-state index < -0.39 is 0 Å². The highest BCUT2D eigenvalue weighted by molar-refractivity contribution is 5.50. The number of nitrogens with two attached hydrogens (primary N) is 1. The molecule has 1 unspecified atom stereocenters. The predicted molar refractivity (Wildman–Crippen MR) is 62.7 cm³/mol. The summed E-state index contributed by atoms with van der Waals surface area (Å²) in [6, 6.07) is 4.61. The van der Waals surface area contributed by atoms with Crippen LogP contribution in [0.15, 0.2) is 18.3 Å². The second-order valence-corrected chi connectivity index (χ2v) is 4.08. The van der Waals surface area contributed by atoms with Gasteiger partial charge in [-0.15, -0.1) is 0 Å². The Balaban J connectivity index is 2.13. The number of hydrazine groups is 1. The van der Waals surface area contributed by atoms with E-state index in [9.17, 15) is 0 Å². The lowest BCUT2D eigenvalue weighted by Crippen LogP contribution is -2.37. The third-order valence-electron chi connectivity index (χ3n) is 3.03. The van der Waals surface area contributed by atoms with Crippen LogP contribution < -0.4 is 16.2 Å². The van der Waals surface area contributed by atoms with Gasteiger partial charge >= 0.3 is 0 Å². The van der Waals surface area contributed by atoms with E-state index in [1.807, 2.05) is 12.3 Å². The van der Waals surface area contributed by atoms with Crippen molar-refractivity contribution < 1.29 is 0 Å². The number of nitrogens with zero attached hydrogens (tertiary/aromatic N) is 2. The van der Waals surface area contributed by atoms with Crippen LogP contribution in [0.1, 0.15) is 26.2 Å². The van der Waals surface area contributed by atoms with E-state index in [1.165, 1.54) is 24.9 Å². The van der Waals surface area contributed by atoms with Crippen molar-refractivity contribution in [3.8, 4) is 0 Å². The molecule has 1 saturated heterocycles. The molecule has 1 fully saturated rings. The first-order valence-electron chi connectivity index (χ1n) is 5.50. The molecule has 0 radical (unpaired) electrons. The molecule has 1 aromatic rings. The van der Waals surface area contributed by atoms with Gasteiger partial charge in [-0.05, 0) is 38.3 Å². The highest BCUT2D eigenvalue weighted by Gasteiger charge is 2.18. The fraction of sp³-hybridized carbons (Fsp3) is 0.545. The van der Waals surface area contributed by atoms with Crippen LogP contribution in [-0.2, 0) is 0 Å². The van der Waals surface area contributed by atoms with Crippen LogP contribution in [0.4, 0.5) is 11.5 Å². The average molecular weight is 206 g/mol. The van der Waals surface area contributed by atoms with Crippen molar-refractivity contribution in [3.63, 3.8) is 0 Å². The summed E-state index contributed by atoms with van der Waals surface area (Å²) in [5.41, 5.74) is 3.73. The van der Waals surface area contributed by atoms with Gasteiger partial charge in [0.05, 0.1) is 11.9 Å². The molecule has 3 N–H and O–H groups in total. The Morgan fingerprint density at radius 1 is 1.47 bits per heavy atom. The fourth-order valence-electron chi connectivity index (χ4n) is 2.12. The molecule has 0 aliphatic carbocycles. The van der Waals surface area contributed by atoms with Crippen LogP contribution in [-0.4, -0.2) is 17.6 Å². The third kappa shape index (κ3) is 2.21. The Kier molecular flexibility index (Phi) is 3.06. The number of aromatic nitrogens is 1. The van der Waals surface area contributed by atoms with E-state index in [0.29, 0.717) is 11.9 Å². The molecule has 1 aromatic heterocycles. The number of piperidine rings is 1. The lowest BCUT2D eigenvalue weighted by atomic mass is 10.0. The number of hydrogen-bond acceptors (Lipinski definition) is 4. The van der Waals surface area contributed by atoms with Gasteiger partial charge in [0.25, 0.3) is 0 Å².